The van der Waals surface area contributed by atoms with E-state index in [1.165, 1.54) is 13.2 Å². The first kappa shape index (κ1) is 24.0. The van der Waals surface area contributed by atoms with Gasteiger partial charge in [0, 0.05) is 11.1 Å². The lowest BCUT2D eigenvalue weighted by atomic mass is 9.93. The lowest BCUT2D eigenvalue weighted by Crippen LogP contribution is -2.56. The summed E-state index contributed by atoms with van der Waals surface area (Å²) in [7, 11) is 3.08. The van der Waals surface area contributed by atoms with Gasteiger partial charge < -0.3 is 18.9 Å². The highest BCUT2D eigenvalue weighted by atomic mass is 16.6. The number of ether oxygens (including phenoxy) is 4. The molecule has 8 heteroatoms. The molecule has 1 aliphatic rings. The zero-order valence-electron chi connectivity index (χ0n) is 19.0. The summed E-state index contributed by atoms with van der Waals surface area (Å²) in [5.74, 6) is -0.782. The summed E-state index contributed by atoms with van der Waals surface area (Å²) in [5, 5.41) is 3.02. The number of methoxy groups -OCH3 is 2. The number of benzene rings is 2. The average molecular weight is 453 g/mol. The van der Waals surface area contributed by atoms with Crippen LogP contribution in [0.3, 0.4) is 0 Å². The second kappa shape index (κ2) is 10.3. The molecule has 174 valence electrons. The van der Waals surface area contributed by atoms with E-state index in [0.717, 1.165) is 0 Å². The van der Waals surface area contributed by atoms with Crippen LogP contribution in [0, 0.1) is 0 Å². The van der Waals surface area contributed by atoms with Crippen molar-refractivity contribution in [3.05, 3.63) is 71.3 Å². The Morgan fingerprint density at radius 1 is 0.818 bits per heavy atom. The van der Waals surface area contributed by atoms with Crippen LogP contribution in [-0.4, -0.2) is 50.7 Å². The molecule has 0 saturated carbocycles. The number of nitrogens with one attached hydrogen (secondary N) is 1. The van der Waals surface area contributed by atoms with Gasteiger partial charge in [0.05, 0.1) is 33.5 Å². The molecular weight excluding hydrogens is 426 g/mol. The van der Waals surface area contributed by atoms with Gasteiger partial charge in [-0.3, -0.25) is 10.1 Å². The van der Waals surface area contributed by atoms with E-state index < -0.39 is 23.5 Å². The van der Waals surface area contributed by atoms with E-state index in [1.54, 1.807) is 69.5 Å². The van der Waals surface area contributed by atoms with E-state index in [0.29, 0.717) is 22.6 Å². The Labute approximate surface area is 192 Å². The molecule has 0 fully saturated rings. The normalized spacial score (nSPS) is 16.5. The number of esters is 2. The largest absolute Gasteiger partial charge is 0.497 e. The molecular formula is C25H27NO7. The molecule has 2 aromatic rings. The average Bonchev–Trinajstić information content (AvgIpc) is 3.26. The fraction of sp³-hybridized carbons (Fsp3) is 0.320. The topological polar surface area (TPSA) is 100 Å². The first-order valence-electron chi connectivity index (χ1n) is 10.6. The lowest BCUT2D eigenvalue weighted by molar-refractivity contribution is -0.162. The monoisotopic (exact) mass is 453 g/mol. The zero-order valence-corrected chi connectivity index (χ0v) is 19.0. The smallest absolute Gasteiger partial charge is 0.342 e. The Kier molecular flexibility index (Phi) is 7.50. The zero-order chi connectivity index (χ0) is 24.0. The van der Waals surface area contributed by atoms with Crippen LogP contribution in [0.15, 0.2) is 60.2 Å². The van der Waals surface area contributed by atoms with E-state index >= 15 is 0 Å². The standard InChI is InChI=1S/C25H27NO7/c1-5-32-23(28)25(24(29)33-6-2)15-20(22(27)17-9-13-19(31-4)14-10-17)21(26-25)16-7-11-18(30-3)12-8-16/h7-15,21,26H,5-6H2,1-4H3/t21-/m0/s1. The van der Waals surface area contributed by atoms with E-state index in [2.05, 4.69) is 5.32 Å². The minimum atomic E-state index is -1.95. The molecule has 0 spiro atoms. The van der Waals surface area contributed by atoms with Gasteiger partial charge in [0.2, 0.25) is 5.54 Å². The summed E-state index contributed by atoms with van der Waals surface area (Å²) in [4.78, 5) is 39.5. The Balaban J connectivity index is 2.12. The summed E-state index contributed by atoms with van der Waals surface area (Å²) >= 11 is 0. The first-order chi connectivity index (χ1) is 15.9. The predicted octanol–water partition coefficient (Wildman–Crippen LogP) is 3.02. The van der Waals surface area contributed by atoms with Gasteiger partial charge in [0.25, 0.3) is 0 Å². The summed E-state index contributed by atoms with van der Waals surface area (Å²) in [6.07, 6.45) is 1.32. The van der Waals surface area contributed by atoms with Crippen LogP contribution in [0.5, 0.6) is 11.5 Å². The molecule has 0 radical (unpaired) electrons. The molecule has 0 saturated heterocycles. The highest BCUT2D eigenvalue weighted by Crippen LogP contribution is 2.37. The minimum Gasteiger partial charge on any atom is -0.497 e. The summed E-state index contributed by atoms with van der Waals surface area (Å²) in [6, 6.07) is 12.8. The molecule has 0 bridgehead atoms. The van der Waals surface area contributed by atoms with Crippen molar-refractivity contribution in [2.24, 2.45) is 0 Å². The molecule has 1 N–H and O–H groups in total. The summed E-state index contributed by atoms with van der Waals surface area (Å²) < 4.78 is 20.8. The van der Waals surface area contributed by atoms with Crippen molar-refractivity contribution in [1.82, 2.24) is 5.32 Å². The van der Waals surface area contributed by atoms with Crippen molar-refractivity contribution in [3.63, 3.8) is 0 Å². The van der Waals surface area contributed by atoms with E-state index in [4.69, 9.17) is 18.9 Å². The van der Waals surface area contributed by atoms with Gasteiger partial charge in [-0.05, 0) is 61.9 Å². The van der Waals surface area contributed by atoms with E-state index in [-0.39, 0.29) is 24.6 Å². The molecule has 0 unspecified atom stereocenters. The van der Waals surface area contributed by atoms with Crippen LogP contribution in [0.25, 0.3) is 0 Å². The minimum absolute atomic E-state index is 0.0600. The molecule has 2 aromatic carbocycles. The van der Waals surface area contributed by atoms with Crippen LogP contribution < -0.4 is 14.8 Å². The number of Topliss-reactive ketones (excluding diaryl/α,β-unsaturated/α-hetero) is 1. The van der Waals surface area contributed by atoms with Crippen LogP contribution in [0.1, 0.15) is 35.8 Å². The summed E-state index contributed by atoms with van der Waals surface area (Å²) in [6.45, 7) is 3.40. The number of hydrogen-bond acceptors (Lipinski definition) is 8. The molecule has 33 heavy (non-hydrogen) atoms. The first-order valence-corrected chi connectivity index (χ1v) is 10.6. The van der Waals surface area contributed by atoms with Gasteiger partial charge in [0.15, 0.2) is 5.78 Å². The third-order valence-electron chi connectivity index (χ3n) is 5.31. The van der Waals surface area contributed by atoms with Crippen molar-refractivity contribution in [2.45, 2.75) is 25.4 Å². The predicted molar refractivity (Wildman–Crippen MR) is 120 cm³/mol. The maximum Gasteiger partial charge on any atom is 0.342 e. The Morgan fingerprint density at radius 3 is 1.76 bits per heavy atom. The highest BCUT2D eigenvalue weighted by molar-refractivity contribution is 6.15. The number of carbonyl (C=O) groups is 3. The molecule has 8 nitrogen and oxygen atoms in total. The van der Waals surface area contributed by atoms with Gasteiger partial charge in [0.1, 0.15) is 11.5 Å². The molecule has 1 atom stereocenters. The van der Waals surface area contributed by atoms with Crippen molar-refractivity contribution < 1.29 is 33.3 Å². The van der Waals surface area contributed by atoms with Crippen LogP contribution in [-0.2, 0) is 19.1 Å². The molecule has 0 amide bonds. The lowest BCUT2D eigenvalue weighted by Gasteiger charge is -2.26. The number of hydrogen-bond donors (Lipinski definition) is 1. The second-order valence-electron chi connectivity index (χ2n) is 7.26. The van der Waals surface area contributed by atoms with Crippen LogP contribution in [0.2, 0.25) is 0 Å². The van der Waals surface area contributed by atoms with Crippen molar-refractivity contribution >= 4 is 17.7 Å². The van der Waals surface area contributed by atoms with Gasteiger partial charge >= 0.3 is 11.9 Å². The molecule has 1 aliphatic heterocycles. The quantitative estimate of drug-likeness (QED) is 0.351. The SMILES string of the molecule is CCOC(=O)C1(C(=O)OCC)C=C(C(=O)c2ccc(OC)cc2)[C@H](c2ccc(OC)cc2)N1. The molecule has 3 rings (SSSR count). The molecule has 1 heterocycles. The maximum absolute atomic E-state index is 13.5. The Morgan fingerprint density at radius 2 is 1.30 bits per heavy atom. The third kappa shape index (κ3) is 4.75. The van der Waals surface area contributed by atoms with Crippen molar-refractivity contribution in [1.29, 1.82) is 0 Å². The highest BCUT2D eigenvalue weighted by Gasteiger charge is 2.54. The number of ketones is 1. The van der Waals surface area contributed by atoms with E-state index in [1.807, 2.05) is 0 Å². The second-order valence-corrected chi connectivity index (χ2v) is 7.26. The Bertz CT molecular complexity index is 1020. The maximum atomic E-state index is 13.5. The Hall–Kier alpha value is -3.65. The molecule has 0 aliphatic carbocycles. The van der Waals surface area contributed by atoms with Gasteiger partial charge in [-0.25, -0.2) is 9.59 Å². The summed E-state index contributed by atoms with van der Waals surface area (Å²) in [5.41, 5.74) is -0.676. The fourth-order valence-corrected chi connectivity index (χ4v) is 3.64. The van der Waals surface area contributed by atoms with Gasteiger partial charge in [-0.2, -0.15) is 0 Å². The number of rotatable bonds is 9. The van der Waals surface area contributed by atoms with Gasteiger partial charge in [-0.1, -0.05) is 12.1 Å². The molecule has 0 aromatic heterocycles. The van der Waals surface area contributed by atoms with E-state index in [9.17, 15) is 14.4 Å². The van der Waals surface area contributed by atoms with Crippen molar-refractivity contribution in [3.8, 4) is 11.5 Å². The van der Waals surface area contributed by atoms with Gasteiger partial charge in [-0.15, -0.1) is 0 Å². The van der Waals surface area contributed by atoms with Crippen LogP contribution >= 0.6 is 0 Å². The fourth-order valence-electron chi connectivity index (χ4n) is 3.64. The van der Waals surface area contributed by atoms with Crippen LogP contribution in [0.4, 0.5) is 0 Å². The number of carbonyl (C=O) groups excluding carboxylic acids is 3. The third-order valence-corrected chi connectivity index (χ3v) is 5.31. The van der Waals surface area contributed by atoms with Crippen molar-refractivity contribution in [2.75, 3.05) is 27.4 Å².